The van der Waals surface area contributed by atoms with Crippen LogP contribution >= 0.6 is 0 Å². The van der Waals surface area contributed by atoms with E-state index in [0.717, 1.165) is 28.2 Å². The maximum atomic E-state index is 4.79. The number of benzene rings is 2. The number of hydrogen-bond acceptors (Lipinski definition) is 3. The van der Waals surface area contributed by atoms with Gasteiger partial charge < -0.3 is 0 Å². The Hall–Kier alpha value is -3.67. The zero-order valence-electron chi connectivity index (χ0n) is 15.1. The summed E-state index contributed by atoms with van der Waals surface area (Å²) in [4.78, 5) is 4.79. The van der Waals surface area contributed by atoms with Crippen LogP contribution in [-0.2, 0) is 0 Å². The third-order valence-electron chi connectivity index (χ3n) is 4.66. The van der Waals surface area contributed by atoms with Gasteiger partial charge >= 0.3 is 0 Å². The summed E-state index contributed by atoms with van der Waals surface area (Å²) in [6.45, 7) is 4.15. The fourth-order valence-corrected chi connectivity index (χ4v) is 3.18. The van der Waals surface area contributed by atoms with E-state index in [1.165, 1.54) is 11.1 Å². The molecule has 0 radical (unpaired) electrons. The maximum absolute atomic E-state index is 4.79. The summed E-state index contributed by atoms with van der Waals surface area (Å²) in [5, 5.41) is 12.4. The summed E-state index contributed by atoms with van der Waals surface area (Å²) in [5.41, 5.74) is 7.04. The Morgan fingerprint density at radius 2 is 1.52 bits per heavy atom. The topological polar surface area (TPSA) is 63.8 Å². The van der Waals surface area contributed by atoms with Gasteiger partial charge in [0.1, 0.15) is 5.69 Å². The van der Waals surface area contributed by atoms with Gasteiger partial charge in [0.05, 0.1) is 5.69 Å². The molecule has 27 heavy (non-hydrogen) atoms. The van der Waals surface area contributed by atoms with Gasteiger partial charge in [0.15, 0.2) is 5.82 Å². The Bertz CT molecular complexity index is 1210. The number of aryl methyl sites for hydroxylation is 2. The number of rotatable bonds is 3. The molecule has 0 amide bonds. The normalized spacial score (nSPS) is 11.3. The Labute approximate surface area is 156 Å². The van der Waals surface area contributed by atoms with Gasteiger partial charge in [0.25, 0.3) is 0 Å². The molecular formula is C21H18N6. The summed E-state index contributed by atoms with van der Waals surface area (Å²) in [7, 11) is 0. The lowest BCUT2D eigenvalue weighted by molar-refractivity contribution is 0.828. The molecule has 0 bridgehead atoms. The molecule has 0 saturated carbocycles. The molecule has 6 nitrogen and oxygen atoms in total. The second kappa shape index (κ2) is 5.95. The van der Waals surface area contributed by atoms with Gasteiger partial charge in [0, 0.05) is 23.5 Å². The van der Waals surface area contributed by atoms with Crippen molar-refractivity contribution in [2.24, 2.45) is 0 Å². The summed E-state index contributed by atoms with van der Waals surface area (Å²) < 4.78 is 3.55. The summed E-state index contributed by atoms with van der Waals surface area (Å²) in [6, 6.07) is 18.5. The number of fused-ring (bicyclic) bond motifs is 1. The Balaban J connectivity index is 1.72. The zero-order chi connectivity index (χ0) is 18.4. The fraction of sp³-hybridized carbons (Fsp3) is 0.0952. The molecule has 3 heterocycles. The van der Waals surface area contributed by atoms with Crippen molar-refractivity contribution >= 4 is 5.65 Å². The van der Waals surface area contributed by atoms with Crippen LogP contribution in [0.1, 0.15) is 11.1 Å². The smallest absolute Gasteiger partial charge is 0.202 e. The Morgan fingerprint density at radius 3 is 2.15 bits per heavy atom. The lowest BCUT2D eigenvalue weighted by Crippen LogP contribution is -1.96. The second-order valence-corrected chi connectivity index (χ2v) is 6.69. The van der Waals surface area contributed by atoms with Crippen molar-refractivity contribution in [2.75, 3.05) is 0 Å². The van der Waals surface area contributed by atoms with Gasteiger partial charge in [-0.2, -0.15) is 9.73 Å². The zero-order valence-corrected chi connectivity index (χ0v) is 15.1. The second-order valence-electron chi connectivity index (χ2n) is 6.69. The van der Waals surface area contributed by atoms with E-state index in [1.54, 1.807) is 10.8 Å². The van der Waals surface area contributed by atoms with Crippen LogP contribution in [0, 0.1) is 13.8 Å². The highest BCUT2D eigenvalue weighted by atomic mass is 15.5. The first-order valence-corrected chi connectivity index (χ1v) is 8.82. The molecule has 3 aromatic heterocycles. The number of hydrogen-bond donors (Lipinski definition) is 1. The number of aromatic amines is 1. The van der Waals surface area contributed by atoms with E-state index in [1.807, 2.05) is 29.1 Å². The van der Waals surface area contributed by atoms with Crippen LogP contribution in [0.2, 0.25) is 0 Å². The maximum Gasteiger partial charge on any atom is 0.202 e. The first-order chi connectivity index (χ1) is 13.2. The molecule has 5 rings (SSSR count). The van der Waals surface area contributed by atoms with Crippen molar-refractivity contribution in [3.63, 3.8) is 0 Å². The van der Waals surface area contributed by atoms with E-state index in [4.69, 9.17) is 4.98 Å². The van der Waals surface area contributed by atoms with E-state index >= 15 is 0 Å². The molecule has 6 heteroatoms. The van der Waals surface area contributed by atoms with Crippen LogP contribution in [0.25, 0.3) is 34.0 Å². The van der Waals surface area contributed by atoms with Crippen molar-refractivity contribution in [3.8, 4) is 28.3 Å². The molecule has 5 aromatic rings. The lowest BCUT2D eigenvalue weighted by atomic mass is 10.1. The molecule has 0 aliphatic rings. The van der Waals surface area contributed by atoms with E-state index in [0.29, 0.717) is 5.82 Å². The van der Waals surface area contributed by atoms with Crippen LogP contribution < -0.4 is 0 Å². The van der Waals surface area contributed by atoms with Crippen LogP contribution in [0.15, 0.2) is 67.0 Å². The molecule has 0 aliphatic heterocycles. The van der Waals surface area contributed by atoms with E-state index in [-0.39, 0.29) is 0 Å². The highest BCUT2D eigenvalue weighted by Gasteiger charge is 2.20. The van der Waals surface area contributed by atoms with E-state index in [9.17, 15) is 0 Å². The highest BCUT2D eigenvalue weighted by molar-refractivity contribution is 5.79. The average Bonchev–Trinajstić information content (AvgIpc) is 3.38. The predicted molar refractivity (Wildman–Crippen MR) is 105 cm³/mol. The number of aromatic nitrogens is 6. The molecule has 0 aliphatic carbocycles. The Morgan fingerprint density at radius 1 is 0.852 bits per heavy atom. The minimum absolute atomic E-state index is 0.685. The van der Waals surface area contributed by atoms with Crippen LogP contribution in [0.5, 0.6) is 0 Å². The molecule has 0 saturated heterocycles. The van der Waals surface area contributed by atoms with Crippen molar-refractivity contribution < 1.29 is 0 Å². The molecule has 0 unspecified atom stereocenters. The van der Waals surface area contributed by atoms with Crippen molar-refractivity contribution in [2.45, 2.75) is 13.8 Å². The molecule has 0 fully saturated rings. The fourth-order valence-electron chi connectivity index (χ4n) is 3.18. The minimum Gasteiger partial charge on any atom is -0.273 e. The summed E-state index contributed by atoms with van der Waals surface area (Å²) in [6.07, 6.45) is 3.68. The largest absolute Gasteiger partial charge is 0.273 e. The monoisotopic (exact) mass is 354 g/mol. The van der Waals surface area contributed by atoms with Gasteiger partial charge in [-0.25, -0.2) is 9.67 Å². The van der Waals surface area contributed by atoms with E-state index in [2.05, 4.69) is 65.5 Å². The average molecular weight is 354 g/mol. The standard InChI is InChI=1S/C21H18N6/c1-14-4-8-16(9-5-14)18-19(26-13-3-12-22-26)21-23-20(25-27(21)24-18)17-10-6-15(2)7-11-17/h3-13,24H,1-2H3. The van der Waals surface area contributed by atoms with Gasteiger partial charge in [-0.1, -0.05) is 59.7 Å². The third-order valence-corrected chi connectivity index (χ3v) is 4.66. The van der Waals surface area contributed by atoms with Crippen LogP contribution in [0.4, 0.5) is 0 Å². The van der Waals surface area contributed by atoms with E-state index < -0.39 is 0 Å². The molecule has 2 aromatic carbocycles. The SMILES string of the molecule is Cc1ccc(-c2nc3c(-n4cccn4)c(-c4ccc(C)cc4)[nH]n3n2)cc1. The molecule has 0 spiro atoms. The first kappa shape index (κ1) is 15.6. The summed E-state index contributed by atoms with van der Waals surface area (Å²) >= 11 is 0. The van der Waals surface area contributed by atoms with Gasteiger partial charge in [-0.3, -0.25) is 5.10 Å². The molecule has 132 valence electrons. The molecule has 0 atom stereocenters. The molecule has 1 N–H and O–H groups in total. The van der Waals surface area contributed by atoms with Crippen molar-refractivity contribution in [1.82, 2.24) is 29.6 Å². The predicted octanol–water partition coefficient (Wildman–Crippen LogP) is 4.19. The van der Waals surface area contributed by atoms with Gasteiger partial charge in [-0.15, -0.1) is 5.10 Å². The van der Waals surface area contributed by atoms with Gasteiger partial charge in [-0.05, 0) is 19.9 Å². The quantitative estimate of drug-likeness (QED) is 0.528. The van der Waals surface area contributed by atoms with Crippen molar-refractivity contribution in [3.05, 3.63) is 78.1 Å². The number of nitrogens with zero attached hydrogens (tertiary/aromatic N) is 5. The number of H-pyrrole nitrogens is 1. The van der Waals surface area contributed by atoms with Crippen LogP contribution in [0.3, 0.4) is 0 Å². The number of nitrogens with one attached hydrogen (secondary N) is 1. The minimum atomic E-state index is 0.685. The highest BCUT2D eigenvalue weighted by Crippen LogP contribution is 2.30. The third kappa shape index (κ3) is 2.62. The molecular weight excluding hydrogens is 336 g/mol. The van der Waals surface area contributed by atoms with Gasteiger partial charge in [0.2, 0.25) is 5.65 Å². The van der Waals surface area contributed by atoms with Crippen molar-refractivity contribution in [1.29, 1.82) is 0 Å². The van der Waals surface area contributed by atoms with Crippen LogP contribution in [-0.4, -0.2) is 29.6 Å². The Kier molecular flexibility index (Phi) is 3.43. The first-order valence-electron chi connectivity index (χ1n) is 8.82. The lowest BCUT2D eigenvalue weighted by Gasteiger charge is -2.04. The summed E-state index contributed by atoms with van der Waals surface area (Å²) in [5.74, 6) is 0.685.